The van der Waals surface area contributed by atoms with Gasteiger partial charge in [0.05, 0.1) is 0 Å². The van der Waals surface area contributed by atoms with Crippen molar-refractivity contribution in [2.75, 3.05) is 31.5 Å². The number of hydrogen-bond acceptors (Lipinski definition) is 4. The summed E-state index contributed by atoms with van der Waals surface area (Å²) in [6.45, 7) is 6.54. The van der Waals surface area contributed by atoms with Crippen molar-refractivity contribution in [3.05, 3.63) is 18.3 Å². The molecule has 2 rings (SSSR count). The van der Waals surface area contributed by atoms with Gasteiger partial charge in [0.25, 0.3) is 0 Å². The Labute approximate surface area is 101 Å². The number of halogens is 1. The van der Waals surface area contributed by atoms with Gasteiger partial charge in [-0.3, -0.25) is 0 Å². The summed E-state index contributed by atoms with van der Waals surface area (Å²) in [5, 5.41) is 3.14. The van der Waals surface area contributed by atoms with Crippen LogP contribution >= 0.6 is 0 Å². The summed E-state index contributed by atoms with van der Waals surface area (Å²) in [4.78, 5) is 9.87. The Kier molecular flexibility index (Phi) is 4.25. The maximum atomic E-state index is 12.8. The van der Waals surface area contributed by atoms with E-state index < -0.39 is 5.95 Å². The van der Waals surface area contributed by atoms with Crippen LogP contribution in [0.4, 0.5) is 10.2 Å². The number of aromatic nitrogens is 2. The highest BCUT2D eigenvalue weighted by Crippen LogP contribution is 2.11. The van der Waals surface area contributed by atoms with Gasteiger partial charge in [-0.1, -0.05) is 6.92 Å². The van der Waals surface area contributed by atoms with Crippen molar-refractivity contribution in [1.29, 1.82) is 0 Å². The smallest absolute Gasteiger partial charge is 0.217 e. The maximum Gasteiger partial charge on any atom is 0.217 e. The van der Waals surface area contributed by atoms with Crippen molar-refractivity contribution in [2.45, 2.75) is 19.8 Å². The van der Waals surface area contributed by atoms with E-state index in [9.17, 15) is 4.39 Å². The normalized spacial score (nSPS) is 18.2. The Morgan fingerprint density at radius 1 is 1.41 bits per heavy atom. The molecule has 94 valence electrons. The molecule has 1 aliphatic heterocycles. The SMILES string of the molecule is CC(CNc1cc(F)ncn1)CN1CCCC1. The average molecular weight is 238 g/mol. The average Bonchev–Trinajstić information content (AvgIpc) is 2.79. The fourth-order valence-corrected chi connectivity index (χ4v) is 2.18. The number of rotatable bonds is 5. The Balaban J connectivity index is 1.73. The molecule has 0 aliphatic carbocycles. The topological polar surface area (TPSA) is 41.1 Å². The van der Waals surface area contributed by atoms with Crippen LogP contribution in [0.1, 0.15) is 19.8 Å². The molecule has 4 nitrogen and oxygen atoms in total. The lowest BCUT2D eigenvalue weighted by Crippen LogP contribution is -2.29. The predicted molar refractivity (Wildman–Crippen MR) is 65.3 cm³/mol. The molecule has 1 unspecified atom stereocenters. The molecule has 0 amide bonds. The first-order valence-electron chi connectivity index (χ1n) is 6.18. The predicted octanol–water partition coefficient (Wildman–Crippen LogP) is 1.76. The van der Waals surface area contributed by atoms with Gasteiger partial charge in [-0.05, 0) is 31.8 Å². The van der Waals surface area contributed by atoms with Crippen LogP contribution in [0, 0.1) is 11.9 Å². The Morgan fingerprint density at radius 3 is 2.88 bits per heavy atom. The summed E-state index contributed by atoms with van der Waals surface area (Å²) in [5.74, 6) is 0.603. The number of anilines is 1. The van der Waals surface area contributed by atoms with Crippen molar-refractivity contribution in [2.24, 2.45) is 5.92 Å². The van der Waals surface area contributed by atoms with E-state index in [2.05, 4.69) is 27.1 Å². The fraction of sp³-hybridized carbons (Fsp3) is 0.667. The molecule has 0 saturated carbocycles. The minimum Gasteiger partial charge on any atom is -0.370 e. The Hall–Kier alpha value is -1.23. The van der Waals surface area contributed by atoms with Crippen molar-refractivity contribution in [1.82, 2.24) is 14.9 Å². The molecule has 0 spiro atoms. The molecule has 0 bridgehead atoms. The van der Waals surface area contributed by atoms with E-state index in [1.807, 2.05) is 0 Å². The monoisotopic (exact) mass is 238 g/mol. The van der Waals surface area contributed by atoms with E-state index in [1.54, 1.807) is 0 Å². The third-order valence-corrected chi connectivity index (χ3v) is 3.03. The molecule has 1 N–H and O–H groups in total. The zero-order valence-electron chi connectivity index (χ0n) is 10.2. The number of likely N-dealkylation sites (tertiary alicyclic amines) is 1. The highest BCUT2D eigenvalue weighted by Gasteiger charge is 2.14. The largest absolute Gasteiger partial charge is 0.370 e. The number of nitrogens with zero attached hydrogens (tertiary/aromatic N) is 3. The minimum absolute atomic E-state index is 0.491. The van der Waals surface area contributed by atoms with E-state index >= 15 is 0 Å². The van der Waals surface area contributed by atoms with Crippen LogP contribution in [0.5, 0.6) is 0 Å². The molecular weight excluding hydrogens is 219 g/mol. The van der Waals surface area contributed by atoms with Gasteiger partial charge in [0.2, 0.25) is 5.95 Å². The second-order valence-corrected chi connectivity index (χ2v) is 4.72. The molecule has 1 atom stereocenters. The molecule has 17 heavy (non-hydrogen) atoms. The third-order valence-electron chi connectivity index (χ3n) is 3.03. The van der Waals surface area contributed by atoms with Crippen LogP contribution in [0.3, 0.4) is 0 Å². The molecule has 2 heterocycles. The van der Waals surface area contributed by atoms with Gasteiger partial charge in [0.15, 0.2) is 0 Å². The van der Waals surface area contributed by atoms with Crippen LogP contribution in [-0.2, 0) is 0 Å². The maximum absolute atomic E-state index is 12.8. The van der Waals surface area contributed by atoms with E-state index in [-0.39, 0.29) is 0 Å². The van der Waals surface area contributed by atoms with Crippen molar-refractivity contribution < 1.29 is 4.39 Å². The van der Waals surface area contributed by atoms with E-state index in [4.69, 9.17) is 0 Å². The van der Waals surface area contributed by atoms with Gasteiger partial charge >= 0.3 is 0 Å². The molecule has 1 fully saturated rings. The van der Waals surface area contributed by atoms with Crippen LogP contribution in [0.25, 0.3) is 0 Å². The molecule has 1 saturated heterocycles. The highest BCUT2D eigenvalue weighted by atomic mass is 19.1. The van der Waals surface area contributed by atoms with Crippen LogP contribution in [0.2, 0.25) is 0 Å². The zero-order valence-corrected chi connectivity index (χ0v) is 10.2. The van der Waals surface area contributed by atoms with Crippen LogP contribution in [0.15, 0.2) is 12.4 Å². The fourth-order valence-electron chi connectivity index (χ4n) is 2.18. The van der Waals surface area contributed by atoms with Crippen molar-refractivity contribution in [3.8, 4) is 0 Å². The summed E-state index contributed by atoms with van der Waals surface area (Å²) in [6.07, 6.45) is 3.87. The molecule has 1 aromatic heterocycles. The summed E-state index contributed by atoms with van der Waals surface area (Å²) >= 11 is 0. The summed E-state index contributed by atoms with van der Waals surface area (Å²) in [7, 11) is 0. The second-order valence-electron chi connectivity index (χ2n) is 4.72. The third kappa shape index (κ3) is 3.93. The second kappa shape index (κ2) is 5.91. The van der Waals surface area contributed by atoms with Crippen molar-refractivity contribution >= 4 is 5.82 Å². The first kappa shape index (κ1) is 12.2. The van der Waals surface area contributed by atoms with Gasteiger partial charge in [-0.2, -0.15) is 4.39 Å². The van der Waals surface area contributed by atoms with Gasteiger partial charge in [-0.15, -0.1) is 0 Å². The summed E-state index contributed by atoms with van der Waals surface area (Å²) in [6, 6.07) is 1.32. The lowest BCUT2D eigenvalue weighted by molar-refractivity contribution is 0.294. The Bertz CT molecular complexity index is 352. The standard InChI is InChI=1S/C12H19FN4/c1-10(8-17-4-2-3-5-17)7-14-12-6-11(13)15-9-16-12/h6,9-10H,2-5,7-8H2,1H3,(H,14,15,16). The Morgan fingerprint density at radius 2 is 2.18 bits per heavy atom. The summed E-state index contributed by atoms with van der Waals surface area (Å²) < 4.78 is 12.8. The van der Waals surface area contributed by atoms with Crippen LogP contribution < -0.4 is 5.32 Å². The summed E-state index contributed by atoms with van der Waals surface area (Å²) in [5.41, 5.74) is 0. The minimum atomic E-state index is -0.491. The van der Waals surface area contributed by atoms with Gasteiger partial charge in [0.1, 0.15) is 12.1 Å². The molecule has 1 aliphatic rings. The van der Waals surface area contributed by atoms with Crippen molar-refractivity contribution in [3.63, 3.8) is 0 Å². The zero-order chi connectivity index (χ0) is 12.1. The highest BCUT2D eigenvalue weighted by molar-refractivity contribution is 5.31. The van der Waals surface area contributed by atoms with E-state index in [1.165, 1.54) is 38.3 Å². The molecule has 0 radical (unpaired) electrons. The molecule has 0 aromatic carbocycles. The lowest BCUT2D eigenvalue weighted by atomic mass is 10.1. The van der Waals surface area contributed by atoms with Gasteiger partial charge in [0, 0.05) is 19.2 Å². The number of hydrogen-bond donors (Lipinski definition) is 1. The first-order valence-corrected chi connectivity index (χ1v) is 6.18. The molecule has 5 heteroatoms. The molecular formula is C12H19FN4. The van der Waals surface area contributed by atoms with Gasteiger partial charge in [-0.25, -0.2) is 9.97 Å². The van der Waals surface area contributed by atoms with Crippen LogP contribution in [-0.4, -0.2) is 41.0 Å². The molecule has 1 aromatic rings. The first-order chi connectivity index (χ1) is 8.24. The van der Waals surface area contributed by atoms with E-state index in [0.717, 1.165) is 13.1 Å². The lowest BCUT2D eigenvalue weighted by Gasteiger charge is -2.20. The quantitative estimate of drug-likeness (QED) is 0.794. The number of nitrogens with one attached hydrogen (secondary N) is 1. The van der Waals surface area contributed by atoms with Gasteiger partial charge < -0.3 is 10.2 Å². The van der Waals surface area contributed by atoms with E-state index in [0.29, 0.717) is 11.7 Å².